The number of nitrogens with zero attached hydrogens (tertiary/aromatic N) is 2. The summed E-state index contributed by atoms with van der Waals surface area (Å²) >= 11 is 0. The second-order valence-corrected chi connectivity index (χ2v) is 11.8. The monoisotopic (exact) mass is 622 g/mol. The van der Waals surface area contributed by atoms with E-state index in [4.69, 9.17) is 13.1 Å². The van der Waals surface area contributed by atoms with E-state index in [-0.39, 0.29) is 25.9 Å². The molecule has 42 heavy (non-hydrogen) atoms. The van der Waals surface area contributed by atoms with Gasteiger partial charge in [0.1, 0.15) is 0 Å². The van der Waals surface area contributed by atoms with E-state index >= 15 is 0 Å². The number of para-hydroxylation sites is 2. The average molecular weight is 623 g/mol. The van der Waals surface area contributed by atoms with Crippen LogP contribution in [-0.2, 0) is 44.6 Å². The second-order valence-electron chi connectivity index (χ2n) is 8.66. The van der Waals surface area contributed by atoms with E-state index in [1.165, 1.54) is 24.3 Å². The average Bonchev–Trinajstić information content (AvgIpc) is 2.96. The Hall–Kier alpha value is -4.25. The minimum atomic E-state index is -4.81. The summed E-state index contributed by atoms with van der Waals surface area (Å²) < 4.78 is 66.0. The van der Waals surface area contributed by atoms with Gasteiger partial charge in [-0.3, -0.25) is 28.6 Å². The molecule has 3 aromatic rings. The van der Waals surface area contributed by atoms with Gasteiger partial charge in [-0.2, -0.15) is 16.8 Å². The zero-order valence-electron chi connectivity index (χ0n) is 21.9. The van der Waals surface area contributed by atoms with Crippen LogP contribution in [0.3, 0.4) is 0 Å². The summed E-state index contributed by atoms with van der Waals surface area (Å²) in [5, 5.41) is 22.5. The van der Waals surface area contributed by atoms with E-state index < -0.39 is 69.9 Å². The molecule has 0 aromatic heterocycles. The molecule has 0 aliphatic heterocycles. The van der Waals surface area contributed by atoms with Crippen molar-refractivity contribution in [2.24, 2.45) is 0 Å². The normalized spacial score (nSPS) is 12.4. The highest BCUT2D eigenvalue weighted by Gasteiger charge is 2.33. The second kappa shape index (κ2) is 14.6. The van der Waals surface area contributed by atoms with Gasteiger partial charge in [0.2, 0.25) is 0 Å². The van der Waals surface area contributed by atoms with E-state index in [9.17, 15) is 41.9 Å². The molecule has 1 unspecified atom stereocenters. The maximum absolute atomic E-state index is 12.9. The highest BCUT2D eigenvalue weighted by molar-refractivity contribution is 7.87. The molecule has 0 radical (unpaired) electrons. The summed E-state index contributed by atoms with van der Waals surface area (Å²) in [6, 6.07) is 18.1. The molecule has 0 saturated heterocycles. The van der Waals surface area contributed by atoms with Gasteiger partial charge >= 0.3 is 26.2 Å². The predicted molar refractivity (Wildman–Crippen MR) is 146 cm³/mol. The fourth-order valence-corrected chi connectivity index (χ4v) is 6.06. The van der Waals surface area contributed by atoms with E-state index in [2.05, 4.69) is 0 Å². The van der Waals surface area contributed by atoms with Crippen LogP contribution in [0.4, 0.5) is 11.4 Å². The van der Waals surface area contributed by atoms with Crippen LogP contribution in [0.1, 0.15) is 24.8 Å². The number of nitro benzene ring substituents is 2. The summed E-state index contributed by atoms with van der Waals surface area (Å²) in [6.07, 6.45) is -1.69. The van der Waals surface area contributed by atoms with E-state index in [1.807, 2.05) is 6.07 Å². The lowest BCUT2D eigenvalue weighted by molar-refractivity contribution is -0.388. The number of esters is 1. The highest BCUT2D eigenvalue weighted by Crippen LogP contribution is 2.27. The smallest absolute Gasteiger partial charge is 0.336 e. The first kappa shape index (κ1) is 32.3. The number of unbranched alkanes of at least 4 members (excludes halogenated alkanes) is 1. The third kappa shape index (κ3) is 8.87. The molecule has 14 nitrogen and oxygen atoms in total. The van der Waals surface area contributed by atoms with Gasteiger partial charge in [-0.05, 0) is 37.0 Å². The SMILES string of the molecule is O=C(OCCc1ccccc1)C(CCCCOS(=O)(=O)c1ccccc1[N+](=O)[O-])OS(=O)(=O)c1ccccc1[N+](=O)[O-]. The summed E-state index contributed by atoms with van der Waals surface area (Å²) in [5.41, 5.74) is -0.556. The van der Waals surface area contributed by atoms with Gasteiger partial charge in [0.15, 0.2) is 15.9 Å². The topological polar surface area (TPSA) is 199 Å². The first-order valence-corrected chi connectivity index (χ1v) is 15.2. The summed E-state index contributed by atoms with van der Waals surface area (Å²) in [5.74, 6) is -1.04. The Morgan fingerprint density at radius 3 is 1.81 bits per heavy atom. The quantitative estimate of drug-likeness (QED) is 0.0734. The van der Waals surface area contributed by atoms with Crippen LogP contribution in [0.15, 0.2) is 88.7 Å². The highest BCUT2D eigenvalue weighted by atomic mass is 32.2. The van der Waals surface area contributed by atoms with Crippen molar-refractivity contribution < 1.29 is 44.6 Å². The first-order valence-electron chi connectivity index (χ1n) is 12.4. The molecule has 3 aromatic carbocycles. The van der Waals surface area contributed by atoms with Crippen LogP contribution in [0.5, 0.6) is 0 Å². The molecular weight excluding hydrogens is 596 g/mol. The van der Waals surface area contributed by atoms with Gasteiger partial charge in [0.05, 0.1) is 23.1 Å². The minimum absolute atomic E-state index is 0.00272. The number of benzene rings is 3. The Balaban J connectivity index is 1.68. The predicted octanol–water partition coefficient (Wildman–Crippen LogP) is 3.94. The van der Waals surface area contributed by atoms with Crippen molar-refractivity contribution in [3.05, 3.63) is 105 Å². The Kier molecular flexibility index (Phi) is 11.2. The van der Waals surface area contributed by atoms with Crippen LogP contribution in [0.25, 0.3) is 0 Å². The molecule has 0 N–H and O–H groups in total. The number of carbonyl (C=O) groups excluding carboxylic acids is 1. The van der Waals surface area contributed by atoms with Crippen molar-refractivity contribution in [3.8, 4) is 0 Å². The van der Waals surface area contributed by atoms with Gasteiger partial charge in [-0.1, -0.05) is 54.6 Å². The first-order chi connectivity index (χ1) is 19.9. The molecule has 0 saturated carbocycles. The maximum Gasteiger partial charge on any atom is 0.336 e. The molecule has 0 amide bonds. The number of nitro groups is 2. The van der Waals surface area contributed by atoms with Crippen LogP contribution in [0.2, 0.25) is 0 Å². The van der Waals surface area contributed by atoms with E-state index in [0.29, 0.717) is 6.42 Å². The maximum atomic E-state index is 12.9. The van der Waals surface area contributed by atoms with Crippen molar-refractivity contribution in [2.75, 3.05) is 13.2 Å². The fraction of sp³-hybridized carbons (Fsp3) is 0.269. The Bertz CT molecular complexity index is 1630. The number of hydrogen-bond donors (Lipinski definition) is 0. The standard InChI is InChI=1S/C26H26N2O12S2/c29-26(38-19-17-20-10-2-1-3-11-20)23(40-42(36,37)25-16-7-5-13-22(25)28(32)33)14-8-9-18-39-41(34,35)24-15-6-4-12-21(24)27(30)31/h1-7,10-13,15-16,23H,8-9,14,17-19H2. The lowest BCUT2D eigenvalue weighted by Crippen LogP contribution is -2.30. The third-order valence-corrected chi connectivity index (χ3v) is 8.48. The lowest BCUT2D eigenvalue weighted by atomic mass is 10.1. The molecule has 16 heteroatoms. The van der Waals surface area contributed by atoms with Gasteiger partial charge < -0.3 is 4.74 Å². The van der Waals surface area contributed by atoms with E-state index in [1.54, 1.807) is 24.3 Å². The lowest BCUT2D eigenvalue weighted by Gasteiger charge is -2.17. The summed E-state index contributed by atoms with van der Waals surface area (Å²) in [4.78, 5) is 32.2. The number of hydrogen-bond acceptors (Lipinski definition) is 12. The number of rotatable bonds is 16. The van der Waals surface area contributed by atoms with Gasteiger partial charge in [-0.15, -0.1) is 0 Å². The molecule has 3 rings (SSSR count). The third-order valence-electron chi connectivity index (χ3n) is 5.75. The molecule has 224 valence electrons. The Labute approximate surface area is 241 Å². The minimum Gasteiger partial charge on any atom is -0.463 e. The van der Waals surface area contributed by atoms with Crippen LogP contribution in [0, 0.1) is 20.2 Å². The van der Waals surface area contributed by atoms with Crippen LogP contribution >= 0.6 is 0 Å². The van der Waals surface area contributed by atoms with Crippen molar-refractivity contribution >= 4 is 37.6 Å². The molecule has 1 atom stereocenters. The van der Waals surface area contributed by atoms with Crippen molar-refractivity contribution in [3.63, 3.8) is 0 Å². The molecule has 0 aliphatic carbocycles. The summed E-state index contributed by atoms with van der Waals surface area (Å²) in [6.45, 7) is -0.549. The molecule has 0 heterocycles. The molecular formula is C26H26N2O12S2. The van der Waals surface area contributed by atoms with Crippen LogP contribution < -0.4 is 0 Å². The van der Waals surface area contributed by atoms with Gasteiger partial charge in [0, 0.05) is 18.6 Å². The van der Waals surface area contributed by atoms with Crippen molar-refractivity contribution in [1.29, 1.82) is 0 Å². The summed E-state index contributed by atoms with van der Waals surface area (Å²) in [7, 11) is -9.30. The zero-order chi connectivity index (χ0) is 30.8. The largest absolute Gasteiger partial charge is 0.463 e. The van der Waals surface area contributed by atoms with Crippen molar-refractivity contribution in [1.82, 2.24) is 0 Å². The number of carbonyl (C=O) groups is 1. The van der Waals surface area contributed by atoms with Crippen molar-refractivity contribution in [2.45, 2.75) is 41.6 Å². The zero-order valence-corrected chi connectivity index (χ0v) is 23.6. The molecule has 0 spiro atoms. The van der Waals surface area contributed by atoms with Crippen LogP contribution in [-0.4, -0.2) is 52.0 Å². The molecule has 0 bridgehead atoms. The van der Waals surface area contributed by atoms with Gasteiger partial charge in [0.25, 0.3) is 11.4 Å². The van der Waals surface area contributed by atoms with Gasteiger partial charge in [-0.25, -0.2) is 4.79 Å². The Morgan fingerprint density at radius 2 is 1.24 bits per heavy atom. The Morgan fingerprint density at radius 1 is 0.714 bits per heavy atom. The number of ether oxygens (including phenoxy) is 1. The fourth-order valence-electron chi connectivity index (χ4n) is 3.72. The molecule has 0 aliphatic rings. The van der Waals surface area contributed by atoms with E-state index in [0.717, 1.165) is 29.8 Å². The molecule has 0 fully saturated rings.